The Morgan fingerprint density at radius 1 is 1.25 bits per heavy atom. The summed E-state index contributed by atoms with van der Waals surface area (Å²) in [5.74, 6) is 0. The van der Waals surface area contributed by atoms with Crippen LogP contribution in [0.1, 0.15) is 13.8 Å². The summed E-state index contributed by atoms with van der Waals surface area (Å²) in [7, 11) is 0. The Morgan fingerprint density at radius 2 is 2.00 bits per heavy atom. The van der Waals surface area contributed by atoms with Crippen molar-refractivity contribution in [3.63, 3.8) is 0 Å². The van der Waals surface area contributed by atoms with Gasteiger partial charge in [0, 0.05) is 0 Å². The van der Waals surface area contributed by atoms with Crippen molar-refractivity contribution in [2.45, 2.75) is 13.8 Å². The minimum Gasteiger partial charge on any atom is -0.497 e. The fourth-order valence-electron chi connectivity index (χ4n) is 0.346. The zero-order valence-corrected chi connectivity index (χ0v) is 5.42. The molecule has 1 aliphatic heterocycles. The third kappa shape index (κ3) is 3.47. The molecule has 46 valence electrons. The summed E-state index contributed by atoms with van der Waals surface area (Å²) in [6.45, 7) is 4.73. The van der Waals surface area contributed by atoms with E-state index < -0.39 is 0 Å². The molecule has 0 N–H and O–H groups in total. The lowest BCUT2D eigenvalue weighted by atomic mass is 10.5. The minimum absolute atomic E-state index is 0.733. The average molecular weight is 112 g/mol. The van der Waals surface area contributed by atoms with Crippen molar-refractivity contribution in [3.8, 4) is 0 Å². The molecule has 0 spiro atoms. The van der Waals surface area contributed by atoms with E-state index in [1.165, 1.54) is 0 Å². The Labute approximate surface area is 50.7 Å². The molecule has 8 heavy (non-hydrogen) atoms. The van der Waals surface area contributed by atoms with Gasteiger partial charge in [0.25, 0.3) is 0 Å². The normalized spacial score (nSPS) is 13.8. The highest BCUT2D eigenvalue weighted by Gasteiger charge is 1.75. The van der Waals surface area contributed by atoms with E-state index >= 15 is 0 Å². The Balaban J connectivity index is 0.000000222. The molecule has 1 heteroatoms. The van der Waals surface area contributed by atoms with Crippen LogP contribution in [-0.4, -0.2) is 6.61 Å². The van der Waals surface area contributed by atoms with Gasteiger partial charge >= 0.3 is 0 Å². The molecule has 0 aromatic rings. The van der Waals surface area contributed by atoms with Gasteiger partial charge in [0.1, 0.15) is 6.61 Å². The summed E-state index contributed by atoms with van der Waals surface area (Å²) in [5.41, 5.74) is 0. The minimum atomic E-state index is 0.733. The van der Waals surface area contributed by atoms with E-state index in [1.54, 1.807) is 6.26 Å². The molecule has 1 aliphatic rings. The van der Waals surface area contributed by atoms with Crippen molar-refractivity contribution in [2.75, 3.05) is 6.61 Å². The van der Waals surface area contributed by atoms with Gasteiger partial charge in [0.2, 0.25) is 0 Å². The van der Waals surface area contributed by atoms with Crippen molar-refractivity contribution in [1.29, 1.82) is 0 Å². The quantitative estimate of drug-likeness (QED) is 0.466. The molecule has 0 aromatic heterocycles. The van der Waals surface area contributed by atoms with E-state index in [0.29, 0.717) is 0 Å². The second-order valence-corrected chi connectivity index (χ2v) is 1.09. The summed E-state index contributed by atoms with van der Waals surface area (Å²) < 4.78 is 4.80. The lowest BCUT2D eigenvalue weighted by molar-refractivity contribution is 0.286. The van der Waals surface area contributed by atoms with Crippen LogP contribution in [0.2, 0.25) is 0 Å². The third-order valence-electron chi connectivity index (χ3n) is 0.614. The predicted molar refractivity (Wildman–Crippen MR) is 35.6 cm³/mol. The highest BCUT2D eigenvalue weighted by Crippen LogP contribution is 1.87. The van der Waals surface area contributed by atoms with Gasteiger partial charge in [-0.15, -0.1) is 0 Å². The maximum Gasteiger partial charge on any atom is 0.106 e. The molecule has 0 amide bonds. The molecular formula is C7H12O. The topological polar surface area (TPSA) is 9.23 Å². The van der Waals surface area contributed by atoms with Crippen LogP contribution in [0.15, 0.2) is 24.5 Å². The summed E-state index contributed by atoms with van der Waals surface area (Å²) in [4.78, 5) is 0. The first-order valence-electron chi connectivity index (χ1n) is 2.93. The lowest BCUT2D eigenvalue weighted by Crippen LogP contribution is -1.82. The van der Waals surface area contributed by atoms with Crippen LogP contribution in [0.25, 0.3) is 0 Å². The van der Waals surface area contributed by atoms with Crippen LogP contribution in [0.5, 0.6) is 0 Å². The van der Waals surface area contributed by atoms with Gasteiger partial charge in [-0.2, -0.15) is 0 Å². The van der Waals surface area contributed by atoms with Crippen molar-refractivity contribution >= 4 is 0 Å². The van der Waals surface area contributed by atoms with Crippen molar-refractivity contribution in [3.05, 3.63) is 24.5 Å². The molecule has 0 fully saturated rings. The molecule has 0 unspecified atom stereocenters. The monoisotopic (exact) mass is 112 g/mol. The fourth-order valence-corrected chi connectivity index (χ4v) is 0.346. The lowest BCUT2D eigenvalue weighted by Gasteiger charge is -1.94. The largest absolute Gasteiger partial charge is 0.497 e. The number of allylic oxidation sites excluding steroid dienone is 2. The van der Waals surface area contributed by atoms with Gasteiger partial charge in [-0.25, -0.2) is 0 Å². The Morgan fingerprint density at radius 3 is 2.12 bits per heavy atom. The van der Waals surface area contributed by atoms with Gasteiger partial charge < -0.3 is 4.74 Å². The molecule has 0 aromatic carbocycles. The summed E-state index contributed by atoms with van der Waals surface area (Å²) in [6.07, 6.45) is 7.47. The number of ether oxygens (including phenoxy) is 1. The Bertz CT molecular complexity index is 70.4. The smallest absolute Gasteiger partial charge is 0.106 e. The first-order valence-corrected chi connectivity index (χ1v) is 2.93. The molecule has 0 radical (unpaired) electrons. The number of hydrogen-bond donors (Lipinski definition) is 0. The van der Waals surface area contributed by atoms with Gasteiger partial charge in [0.15, 0.2) is 0 Å². The van der Waals surface area contributed by atoms with E-state index in [9.17, 15) is 0 Å². The zero-order chi connectivity index (χ0) is 6.24. The SMILES string of the molecule is C1=CCOC=C1.CC. The molecule has 0 saturated heterocycles. The summed E-state index contributed by atoms with van der Waals surface area (Å²) >= 11 is 0. The molecule has 1 rings (SSSR count). The molecular weight excluding hydrogens is 100 g/mol. The van der Waals surface area contributed by atoms with Crippen molar-refractivity contribution < 1.29 is 4.74 Å². The van der Waals surface area contributed by atoms with E-state index in [4.69, 9.17) is 4.74 Å². The molecule has 1 nitrogen and oxygen atoms in total. The third-order valence-corrected chi connectivity index (χ3v) is 0.614. The second kappa shape index (κ2) is 6.28. The second-order valence-electron chi connectivity index (χ2n) is 1.09. The number of hydrogen-bond acceptors (Lipinski definition) is 1. The van der Waals surface area contributed by atoms with E-state index in [2.05, 4.69) is 0 Å². The van der Waals surface area contributed by atoms with Crippen LogP contribution in [-0.2, 0) is 4.74 Å². The van der Waals surface area contributed by atoms with Gasteiger partial charge in [0.05, 0.1) is 6.26 Å². The average Bonchev–Trinajstić information content (AvgIpc) is 1.96. The fraction of sp³-hybridized carbons (Fsp3) is 0.429. The van der Waals surface area contributed by atoms with Crippen LogP contribution in [0, 0.1) is 0 Å². The Hall–Kier alpha value is -0.720. The van der Waals surface area contributed by atoms with E-state index in [-0.39, 0.29) is 0 Å². The van der Waals surface area contributed by atoms with E-state index in [0.717, 1.165) is 6.61 Å². The van der Waals surface area contributed by atoms with Gasteiger partial charge in [-0.3, -0.25) is 0 Å². The molecule has 0 aliphatic carbocycles. The van der Waals surface area contributed by atoms with E-state index in [1.807, 2.05) is 32.1 Å². The van der Waals surface area contributed by atoms with Crippen LogP contribution >= 0.6 is 0 Å². The Kier molecular flexibility index (Phi) is 5.71. The van der Waals surface area contributed by atoms with Crippen LogP contribution in [0.4, 0.5) is 0 Å². The first kappa shape index (κ1) is 7.28. The predicted octanol–water partition coefficient (Wildman–Crippen LogP) is 2.11. The molecule has 1 heterocycles. The van der Waals surface area contributed by atoms with Crippen molar-refractivity contribution in [1.82, 2.24) is 0 Å². The highest BCUT2D eigenvalue weighted by molar-refractivity contribution is 5.02. The number of rotatable bonds is 0. The molecule has 0 saturated carbocycles. The van der Waals surface area contributed by atoms with Crippen LogP contribution < -0.4 is 0 Å². The highest BCUT2D eigenvalue weighted by atomic mass is 16.5. The summed E-state index contributed by atoms with van der Waals surface area (Å²) in [5, 5.41) is 0. The zero-order valence-electron chi connectivity index (χ0n) is 5.42. The summed E-state index contributed by atoms with van der Waals surface area (Å²) in [6, 6.07) is 0. The maximum atomic E-state index is 4.80. The van der Waals surface area contributed by atoms with Crippen molar-refractivity contribution in [2.24, 2.45) is 0 Å². The molecule has 0 bridgehead atoms. The van der Waals surface area contributed by atoms with Crippen LogP contribution in [0.3, 0.4) is 0 Å². The standard InChI is InChI=1S/C5H6O.C2H6/c1-2-4-6-5-3-1;1-2/h1-4H,5H2;1-2H3. The van der Waals surface area contributed by atoms with Gasteiger partial charge in [-0.05, 0) is 12.2 Å². The molecule has 0 atom stereocenters. The first-order chi connectivity index (χ1) is 4.00. The van der Waals surface area contributed by atoms with Gasteiger partial charge in [-0.1, -0.05) is 19.9 Å². The maximum absolute atomic E-state index is 4.80.